The van der Waals surface area contributed by atoms with E-state index in [1.165, 1.54) is 70.6 Å². The number of hydrogen-bond acceptors (Lipinski definition) is 9. The van der Waals surface area contributed by atoms with Crippen molar-refractivity contribution in [3.63, 3.8) is 0 Å². The maximum absolute atomic E-state index is 12.9. The van der Waals surface area contributed by atoms with Gasteiger partial charge >= 0.3 is 5.97 Å². The molecule has 1 aliphatic rings. The van der Waals surface area contributed by atoms with Gasteiger partial charge in [0.05, 0.1) is 19.8 Å². The monoisotopic (exact) mass is 979 g/mol. The fraction of sp³-hybridized carbons (Fsp3) is 0.689. The van der Waals surface area contributed by atoms with E-state index in [4.69, 9.17) is 18.9 Å². The average Bonchev–Trinajstić information content (AvgIpc) is 3.36. The highest BCUT2D eigenvalue weighted by Crippen LogP contribution is 2.23. The Balaban J connectivity index is 2.22. The number of carbonyl (C=O) groups is 1. The summed E-state index contributed by atoms with van der Waals surface area (Å²) in [6.45, 7) is 4.39. The zero-order valence-electron chi connectivity index (χ0n) is 44.2. The van der Waals surface area contributed by atoms with Crippen LogP contribution in [0.3, 0.4) is 0 Å². The van der Waals surface area contributed by atoms with Gasteiger partial charge in [0.2, 0.25) is 0 Å². The molecular formula is C61H102O9. The molecule has 6 unspecified atom stereocenters. The van der Waals surface area contributed by atoms with E-state index in [1.54, 1.807) is 0 Å². The Morgan fingerprint density at radius 3 is 1.31 bits per heavy atom. The molecular weight excluding hydrogens is 877 g/mol. The molecule has 1 heterocycles. The van der Waals surface area contributed by atoms with E-state index >= 15 is 0 Å². The third-order valence-electron chi connectivity index (χ3n) is 12.2. The number of carbonyl (C=O) groups excluding carboxylic acids is 1. The predicted molar refractivity (Wildman–Crippen MR) is 293 cm³/mol. The van der Waals surface area contributed by atoms with Crippen LogP contribution in [0.25, 0.3) is 0 Å². The van der Waals surface area contributed by atoms with Gasteiger partial charge in [0.25, 0.3) is 0 Å². The Labute approximate surface area is 427 Å². The van der Waals surface area contributed by atoms with E-state index in [0.29, 0.717) is 13.0 Å². The average molecular weight is 979 g/mol. The minimum absolute atomic E-state index is 0.125. The van der Waals surface area contributed by atoms with Gasteiger partial charge in [-0.1, -0.05) is 207 Å². The molecule has 400 valence electrons. The third-order valence-corrected chi connectivity index (χ3v) is 12.2. The highest BCUT2D eigenvalue weighted by atomic mass is 16.7. The molecule has 0 bridgehead atoms. The number of rotatable bonds is 47. The van der Waals surface area contributed by atoms with Crippen LogP contribution in [0.15, 0.2) is 109 Å². The second kappa shape index (κ2) is 50.8. The summed E-state index contributed by atoms with van der Waals surface area (Å²) in [7, 11) is 0. The lowest BCUT2D eigenvalue weighted by molar-refractivity contribution is -0.305. The van der Waals surface area contributed by atoms with Gasteiger partial charge in [0.1, 0.15) is 30.5 Å². The largest absolute Gasteiger partial charge is 0.457 e. The van der Waals surface area contributed by atoms with E-state index in [2.05, 4.69) is 123 Å². The molecule has 1 rings (SSSR count). The summed E-state index contributed by atoms with van der Waals surface area (Å²) in [5.41, 5.74) is 0. The lowest BCUT2D eigenvalue weighted by Gasteiger charge is -2.39. The van der Waals surface area contributed by atoms with Crippen LogP contribution in [0.4, 0.5) is 0 Å². The molecule has 9 heteroatoms. The number of allylic oxidation sites excluding steroid dienone is 18. The first-order valence-corrected chi connectivity index (χ1v) is 28.0. The van der Waals surface area contributed by atoms with Crippen LogP contribution in [0.5, 0.6) is 0 Å². The van der Waals surface area contributed by atoms with Crippen LogP contribution in [-0.2, 0) is 23.7 Å². The van der Waals surface area contributed by atoms with Gasteiger partial charge in [-0.25, -0.2) is 0 Å². The molecule has 0 spiro atoms. The van der Waals surface area contributed by atoms with Gasteiger partial charge in [-0.3, -0.25) is 4.79 Å². The standard InChI is InChI=1S/C61H102O9/c1-3-5-7-9-11-13-15-17-19-21-23-25-27-28-29-30-32-34-36-38-40-42-44-46-48-50-57(63)69-55(54-68-61-60(66)59(65)58(64)56(52-62)70-61)53-67-51-49-47-45-43-41-39-37-35-33-31-26-24-22-20-18-16-14-12-10-8-6-4-2/h5,7,11,13,16-19,22-25,28-29,31-34,55-56,58-62,64-66H,3-4,6,8-10,12,14-15,20-21,26-27,30,35-54H2,1-2H3/b7-5-,13-11-,18-16-,19-17-,24-22-,25-23-,29-28-,33-31-,34-32-. The van der Waals surface area contributed by atoms with Crippen LogP contribution in [0, 0.1) is 0 Å². The molecule has 6 atom stereocenters. The van der Waals surface area contributed by atoms with E-state index in [1.807, 2.05) is 0 Å². The van der Waals surface area contributed by atoms with Crippen molar-refractivity contribution in [3.05, 3.63) is 109 Å². The lowest BCUT2D eigenvalue weighted by atomic mass is 9.99. The SMILES string of the molecule is CC/C=C\C/C=C\C/C=C\C/C=C\C/C=C\C/C=C\CCCCCCCCC(=O)OC(COCCCCCCCCC/C=C\C/C=C\C/C=C\CCCCCCC)COC1OC(CO)C(O)C(O)C1O. The molecule has 4 N–H and O–H groups in total. The first-order valence-electron chi connectivity index (χ1n) is 28.0. The number of aliphatic hydroxyl groups excluding tert-OH is 4. The van der Waals surface area contributed by atoms with Crippen molar-refractivity contribution < 1.29 is 44.2 Å². The van der Waals surface area contributed by atoms with Crippen molar-refractivity contribution in [1.82, 2.24) is 0 Å². The second-order valence-corrected chi connectivity index (χ2v) is 18.6. The molecule has 0 saturated carbocycles. The van der Waals surface area contributed by atoms with Gasteiger partial charge in [0, 0.05) is 13.0 Å². The van der Waals surface area contributed by atoms with Crippen LogP contribution < -0.4 is 0 Å². The van der Waals surface area contributed by atoms with E-state index in [0.717, 1.165) is 116 Å². The Kier molecular flexibility index (Phi) is 47.1. The van der Waals surface area contributed by atoms with Gasteiger partial charge in [-0.15, -0.1) is 0 Å². The summed E-state index contributed by atoms with van der Waals surface area (Å²) in [5, 5.41) is 40.3. The van der Waals surface area contributed by atoms with Crippen molar-refractivity contribution >= 4 is 5.97 Å². The topological polar surface area (TPSA) is 135 Å². The lowest BCUT2D eigenvalue weighted by Crippen LogP contribution is -2.59. The van der Waals surface area contributed by atoms with Crippen LogP contribution in [0.1, 0.15) is 206 Å². The van der Waals surface area contributed by atoms with Crippen molar-refractivity contribution in [1.29, 1.82) is 0 Å². The third kappa shape index (κ3) is 40.4. The fourth-order valence-corrected chi connectivity index (χ4v) is 7.85. The number of hydrogen-bond donors (Lipinski definition) is 4. The molecule has 0 aromatic heterocycles. The quantitative estimate of drug-likeness (QED) is 0.0267. The van der Waals surface area contributed by atoms with Crippen molar-refractivity contribution in [3.8, 4) is 0 Å². The van der Waals surface area contributed by atoms with Crippen LogP contribution in [-0.4, -0.2) is 89.6 Å². The number of unbranched alkanes of at least 4 members (excludes halogenated alkanes) is 18. The molecule has 70 heavy (non-hydrogen) atoms. The highest BCUT2D eigenvalue weighted by Gasteiger charge is 2.44. The predicted octanol–water partition coefficient (Wildman–Crippen LogP) is 14.5. The van der Waals surface area contributed by atoms with E-state index in [-0.39, 0.29) is 19.2 Å². The minimum Gasteiger partial charge on any atom is -0.457 e. The summed E-state index contributed by atoms with van der Waals surface area (Å²) in [4.78, 5) is 12.9. The smallest absolute Gasteiger partial charge is 0.306 e. The maximum atomic E-state index is 12.9. The van der Waals surface area contributed by atoms with Crippen LogP contribution in [0.2, 0.25) is 0 Å². The van der Waals surface area contributed by atoms with Gasteiger partial charge in [0.15, 0.2) is 6.29 Å². The molecule has 0 aliphatic carbocycles. The van der Waals surface area contributed by atoms with E-state index in [9.17, 15) is 25.2 Å². The van der Waals surface area contributed by atoms with Gasteiger partial charge in [-0.2, -0.15) is 0 Å². The Bertz CT molecular complexity index is 1440. The summed E-state index contributed by atoms with van der Waals surface area (Å²) in [6, 6.07) is 0. The highest BCUT2D eigenvalue weighted by molar-refractivity contribution is 5.69. The fourth-order valence-electron chi connectivity index (χ4n) is 7.85. The molecule has 1 saturated heterocycles. The van der Waals surface area contributed by atoms with Crippen molar-refractivity contribution in [2.45, 2.75) is 243 Å². The summed E-state index contributed by atoms with van der Waals surface area (Å²) in [5.74, 6) is -0.335. The summed E-state index contributed by atoms with van der Waals surface area (Å²) < 4.78 is 22.9. The first kappa shape index (κ1) is 64.9. The molecule has 0 amide bonds. The number of esters is 1. The van der Waals surface area contributed by atoms with E-state index < -0.39 is 43.4 Å². The molecule has 9 nitrogen and oxygen atoms in total. The Morgan fingerprint density at radius 1 is 0.471 bits per heavy atom. The van der Waals surface area contributed by atoms with Gasteiger partial charge < -0.3 is 39.4 Å². The second-order valence-electron chi connectivity index (χ2n) is 18.6. The Morgan fingerprint density at radius 2 is 0.871 bits per heavy atom. The minimum atomic E-state index is -1.55. The molecule has 0 aromatic carbocycles. The first-order chi connectivity index (χ1) is 34.4. The molecule has 1 aliphatic heterocycles. The zero-order valence-corrected chi connectivity index (χ0v) is 44.2. The zero-order chi connectivity index (χ0) is 50.6. The van der Waals surface area contributed by atoms with Gasteiger partial charge in [-0.05, 0) is 103 Å². The normalized spacial score (nSPS) is 19.8. The van der Waals surface area contributed by atoms with Crippen LogP contribution >= 0.6 is 0 Å². The molecule has 0 aromatic rings. The summed E-state index contributed by atoms with van der Waals surface area (Å²) >= 11 is 0. The van der Waals surface area contributed by atoms with Crippen molar-refractivity contribution in [2.24, 2.45) is 0 Å². The number of aliphatic hydroxyl groups is 4. The number of ether oxygens (including phenoxy) is 4. The molecule has 1 fully saturated rings. The molecule has 0 radical (unpaired) electrons. The Hall–Kier alpha value is -3.15. The maximum Gasteiger partial charge on any atom is 0.306 e. The van der Waals surface area contributed by atoms with Crippen molar-refractivity contribution in [2.75, 3.05) is 26.4 Å². The summed E-state index contributed by atoms with van der Waals surface area (Å²) in [6.07, 6.45) is 65.5.